The van der Waals surface area contributed by atoms with Gasteiger partial charge in [0.15, 0.2) is 0 Å². The second-order valence-corrected chi connectivity index (χ2v) is 5.28. The lowest BCUT2D eigenvalue weighted by atomic mass is 10.1. The summed E-state index contributed by atoms with van der Waals surface area (Å²) in [5.74, 6) is 0. The summed E-state index contributed by atoms with van der Waals surface area (Å²) < 4.78 is 0. The first-order chi connectivity index (χ1) is 9.58. The van der Waals surface area contributed by atoms with Crippen molar-refractivity contribution in [2.45, 2.75) is 25.0 Å². The molecule has 20 heavy (non-hydrogen) atoms. The minimum Gasteiger partial charge on any atom is -0.387 e. The fourth-order valence-corrected chi connectivity index (χ4v) is 2.13. The van der Waals surface area contributed by atoms with Crippen molar-refractivity contribution in [3.8, 4) is 0 Å². The van der Waals surface area contributed by atoms with E-state index in [4.69, 9.17) is 0 Å². The highest BCUT2D eigenvalue weighted by molar-refractivity contribution is 5.33. The number of nitrogens with one attached hydrogen (secondary N) is 1. The molecular formula is C14H21N3O3. The van der Waals surface area contributed by atoms with E-state index in [9.17, 15) is 15.2 Å². The van der Waals surface area contributed by atoms with Crippen molar-refractivity contribution in [2.75, 3.05) is 26.7 Å². The van der Waals surface area contributed by atoms with E-state index in [-0.39, 0.29) is 5.69 Å². The van der Waals surface area contributed by atoms with Crippen LogP contribution in [0, 0.1) is 10.1 Å². The number of nitrogens with zero attached hydrogens (tertiary/aromatic N) is 2. The molecule has 1 fully saturated rings. The Hall–Kier alpha value is -1.50. The summed E-state index contributed by atoms with van der Waals surface area (Å²) in [7, 11) is 2.12. The van der Waals surface area contributed by atoms with Crippen LogP contribution in [0.5, 0.6) is 0 Å². The summed E-state index contributed by atoms with van der Waals surface area (Å²) in [6.07, 6.45) is 1.95. The number of nitro groups is 1. The van der Waals surface area contributed by atoms with Gasteiger partial charge in [0.2, 0.25) is 0 Å². The summed E-state index contributed by atoms with van der Waals surface area (Å²) in [5, 5.41) is 23.7. The normalized spacial score (nSPS) is 16.4. The fraction of sp³-hybridized carbons (Fsp3) is 0.571. The fourth-order valence-electron chi connectivity index (χ4n) is 2.13. The van der Waals surface area contributed by atoms with Crippen LogP contribution in [0.3, 0.4) is 0 Å². The van der Waals surface area contributed by atoms with Crippen LogP contribution < -0.4 is 5.32 Å². The quantitative estimate of drug-likeness (QED) is 0.426. The highest BCUT2D eigenvalue weighted by Gasteiger charge is 2.25. The van der Waals surface area contributed by atoms with Crippen molar-refractivity contribution in [1.29, 1.82) is 0 Å². The van der Waals surface area contributed by atoms with Crippen molar-refractivity contribution >= 4 is 5.69 Å². The molecular weight excluding hydrogens is 258 g/mol. The SMILES string of the molecule is CN(CCNCC(O)c1ccc([N+](=O)[O-])cc1)C1CC1. The molecule has 0 saturated heterocycles. The third kappa shape index (κ3) is 4.26. The average Bonchev–Trinajstić information content (AvgIpc) is 3.27. The molecule has 1 aromatic rings. The molecule has 0 amide bonds. The van der Waals surface area contributed by atoms with Crippen molar-refractivity contribution in [3.05, 3.63) is 39.9 Å². The highest BCUT2D eigenvalue weighted by Crippen LogP contribution is 2.24. The van der Waals surface area contributed by atoms with Gasteiger partial charge in [0, 0.05) is 37.8 Å². The maximum Gasteiger partial charge on any atom is 0.269 e. The topological polar surface area (TPSA) is 78.6 Å². The predicted octanol–water partition coefficient (Wildman–Crippen LogP) is 1.31. The van der Waals surface area contributed by atoms with Crippen LogP contribution in [0.1, 0.15) is 24.5 Å². The molecule has 1 atom stereocenters. The van der Waals surface area contributed by atoms with Crippen LogP contribution in [-0.4, -0.2) is 47.7 Å². The van der Waals surface area contributed by atoms with Crippen LogP contribution in [0.2, 0.25) is 0 Å². The Morgan fingerprint density at radius 1 is 1.45 bits per heavy atom. The summed E-state index contributed by atoms with van der Waals surface area (Å²) in [5.41, 5.74) is 0.735. The molecule has 1 aliphatic carbocycles. The van der Waals surface area contributed by atoms with Gasteiger partial charge in [-0.15, -0.1) is 0 Å². The lowest BCUT2D eigenvalue weighted by Gasteiger charge is -2.17. The van der Waals surface area contributed by atoms with E-state index in [1.165, 1.54) is 25.0 Å². The van der Waals surface area contributed by atoms with Crippen LogP contribution in [0.25, 0.3) is 0 Å². The van der Waals surface area contributed by atoms with E-state index in [1.807, 2.05) is 0 Å². The first kappa shape index (κ1) is 14.9. The molecule has 110 valence electrons. The lowest BCUT2D eigenvalue weighted by molar-refractivity contribution is -0.384. The van der Waals surface area contributed by atoms with Gasteiger partial charge in [-0.1, -0.05) is 0 Å². The van der Waals surface area contributed by atoms with Crippen LogP contribution >= 0.6 is 0 Å². The number of non-ortho nitro benzene ring substituents is 1. The van der Waals surface area contributed by atoms with Gasteiger partial charge in [0.05, 0.1) is 11.0 Å². The zero-order valence-electron chi connectivity index (χ0n) is 11.7. The summed E-state index contributed by atoms with van der Waals surface area (Å²) in [6, 6.07) is 6.77. The van der Waals surface area contributed by atoms with Crippen molar-refractivity contribution < 1.29 is 10.0 Å². The highest BCUT2D eigenvalue weighted by atomic mass is 16.6. The number of rotatable bonds is 8. The standard InChI is InChI=1S/C14H21N3O3/c1-16(12-6-7-12)9-8-15-10-14(18)11-2-4-13(5-3-11)17(19)20/h2-5,12,14-15,18H,6-10H2,1H3. The molecule has 0 aliphatic heterocycles. The molecule has 1 aromatic carbocycles. The van der Waals surface area contributed by atoms with E-state index in [2.05, 4.69) is 17.3 Å². The molecule has 0 bridgehead atoms. The predicted molar refractivity (Wildman–Crippen MR) is 76.6 cm³/mol. The maximum atomic E-state index is 10.5. The van der Waals surface area contributed by atoms with E-state index in [0.717, 1.165) is 19.1 Å². The average molecular weight is 279 g/mol. The largest absolute Gasteiger partial charge is 0.387 e. The van der Waals surface area contributed by atoms with Crippen LogP contribution in [0.15, 0.2) is 24.3 Å². The first-order valence-electron chi connectivity index (χ1n) is 6.91. The van der Waals surface area contributed by atoms with Gasteiger partial charge in [0.25, 0.3) is 5.69 Å². The zero-order chi connectivity index (χ0) is 14.5. The minimum absolute atomic E-state index is 0.0416. The Labute approximate surface area is 118 Å². The van der Waals surface area contributed by atoms with Crippen LogP contribution in [0.4, 0.5) is 5.69 Å². The van der Waals surface area contributed by atoms with Gasteiger partial charge in [-0.3, -0.25) is 10.1 Å². The van der Waals surface area contributed by atoms with E-state index >= 15 is 0 Å². The molecule has 1 unspecified atom stereocenters. The third-order valence-electron chi connectivity index (χ3n) is 3.64. The Balaban J connectivity index is 1.70. The lowest BCUT2D eigenvalue weighted by Crippen LogP contribution is -2.32. The smallest absolute Gasteiger partial charge is 0.269 e. The molecule has 2 N–H and O–H groups in total. The Bertz CT molecular complexity index is 445. The second kappa shape index (κ2) is 6.78. The Morgan fingerprint density at radius 3 is 2.65 bits per heavy atom. The molecule has 1 aliphatic rings. The van der Waals surface area contributed by atoms with Crippen molar-refractivity contribution in [3.63, 3.8) is 0 Å². The molecule has 2 rings (SSSR count). The van der Waals surface area contributed by atoms with Crippen molar-refractivity contribution in [2.24, 2.45) is 0 Å². The molecule has 6 heteroatoms. The van der Waals surface area contributed by atoms with Gasteiger partial charge < -0.3 is 15.3 Å². The maximum absolute atomic E-state index is 10.5. The van der Waals surface area contributed by atoms with E-state index in [0.29, 0.717) is 12.1 Å². The number of likely N-dealkylation sites (N-methyl/N-ethyl adjacent to an activating group) is 1. The Morgan fingerprint density at radius 2 is 2.10 bits per heavy atom. The minimum atomic E-state index is -0.637. The number of benzene rings is 1. The van der Waals surface area contributed by atoms with Gasteiger partial charge in [-0.2, -0.15) is 0 Å². The zero-order valence-corrected chi connectivity index (χ0v) is 11.7. The number of hydrogen-bond donors (Lipinski definition) is 2. The molecule has 0 radical (unpaired) electrons. The van der Waals surface area contributed by atoms with Crippen molar-refractivity contribution in [1.82, 2.24) is 10.2 Å². The molecule has 1 saturated carbocycles. The Kier molecular flexibility index (Phi) is 5.05. The number of nitro benzene ring substituents is 1. The molecule has 0 heterocycles. The molecule has 6 nitrogen and oxygen atoms in total. The second-order valence-electron chi connectivity index (χ2n) is 5.28. The van der Waals surface area contributed by atoms with E-state index < -0.39 is 11.0 Å². The third-order valence-corrected chi connectivity index (χ3v) is 3.64. The molecule has 0 spiro atoms. The monoisotopic (exact) mass is 279 g/mol. The van der Waals surface area contributed by atoms with Gasteiger partial charge in [0.1, 0.15) is 0 Å². The summed E-state index contributed by atoms with van der Waals surface area (Å²) in [6.45, 7) is 2.25. The van der Waals surface area contributed by atoms with E-state index in [1.54, 1.807) is 12.1 Å². The number of hydrogen-bond acceptors (Lipinski definition) is 5. The molecule has 0 aromatic heterocycles. The first-order valence-corrected chi connectivity index (χ1v) is 6.91. The number of aliphatic hydroxyl groups is 1. The summed E-state index contributed by atoms with van der Waals surface area (Å²) in [4.78, 5) is 12.4. The van der Waals surface area contributed by atoms with Gasteiger partial charge in [-0.05, 0) is 37.6 Å². The van der Waals surface area contributed by atoms with Gasteiger partial charge >= 0.3 is 0 Å². The van der Waals surface area contributed by atoms with Gasteiger partial charge in [-0.25, -0.2) is 0 Å². The van der Waals surface area contributed by atoms with Crippen LogP contribution in [-0.2, 0) is 0 Å². The number of aliphatic hydroxyl groups excluding tert-OH is 1. The summed E-state index contributed by atoms with van der Waals surface area (Å²) >= 11 is 0.